The van der Waals surface area contributed by atoms with Crippen LogP contribution in [0.15, 0.2) is 52.6 Å². The molecule has 0 bridgehead atoms. The van der Waals surface area contributed by atoms with Crippen LogP contribution < -0.4 is 5.32 Å². The molecule has 0 unspecified atom stereocenters. The van der Waals surface area contributed by atoms with Crippen molar-refractivity contribution < 1.29 is 4.79 Å². The standard InChI is InChI=1S/C19H16BrN5OS/c1-12(2)18-23-24-19(27-18)22-17(26)13(11-21)10-16-4-3-9-25(16)15-7-5-14(20)6-8-15/h3-10,12H,1-2H3,(H,22,24,26)/b13-10-. The van der Waals surface area contributed by atoms with Gasteiger partial charge in [-0.05, 0) is 42.5 Å². The Labute approximate surface area is 169 Å². The number of amides is 1. The highest BCUT2D eigenvalue weighted by Gasteiger charge is 2.15. The van der Waals surface area contributed by atoms with E-state index in [0.29, 0.717) is 5.13 Å². The van der Waals surface area contributed by atoms with E-state index in [1.54, 1.807) is 6.08 Å². The normalized spacial score (nSPS) is 11.4. The summed E-state index contributed by atoms with van der Waals surface area (Å²) in [6.45, 7) is 4.01. The number of halogens is 1. The number of benzene rings is 1. The molecule has 0 radical (unpaired) electrons. The summed E-state index contributed by atoms with van der Waals surface area (Å²) in [6, 6.07) is 13.4. The van der Waals surface area contributed by atoms with Gasteiger partial charge < -0.3 is 4.57 Å². The smallest absolute Gasteiger partial charge is 0.268 e. The molecule has 0 atom stereocenters. The molecule has 0 saturated carbocycles. The predicted molar refractivity (Wildman–Crippen MR) is 110 cm³/mol. The molecule has 8 heteroatoms. The van der Waals surface area contributed by atoms with Gasteiger partial charge in [0.1, 0.15) is 16.6 Å². The minimum atomic E-state index is -0.507. The van der Waals surface area contributed by atoms with Crippen LogP contribution in [0.3, 0.4) is 0 Å². The van der Waals surface area contributed by atoms with Crippen molar-refractivity contribution in [2.45, 2.75) is 19.8 Å². The second kappa shape index (κ2) is 8.29. The quantitative estimate of drug-likeness (QED) is 0.456. The van der Waals surface area contributed by atoms with Crippen molar-refractivity contribution in [1.82, 2.24) is 14.8 Å². The fraction of sp³-hybridized carbons (Fsp3) is 0.158. The minimum absolute atomic E-state index is 0.00615. The van der Waals surface area contributed by atoms with E-state index in [4.69, 9.17) is 0 Å². The Bertz CT molecular complexity index is 1030. The van der Waals surface area contributed by atoms with Crippen molar-refractivity contribution in [2.24, 2.45) is 0 Å². The Morgan fingerprint density at radius 1 is 1.30 bits per heavy atom. The highest BCUT2D eigenvalue weighted by molar-refractivity contribution is 9.10. The number of rotatable bonds is 5. The Balaban J connectivity index is 1.84. The Hall–Kier alpha value is -2.76. The number of nitriles is 1. The molecule has 1 amide bonds. The van der Waals surface area contributed by atoms with Crippen LogP contribution in [-0.4, -0.2) is 20.7 Å². The molecule has 1 N–H and O–H groups in total. The van der Waals surface area contributed by atoms with Crippen LogP contribution >= 0.6 is 27.3 Å². The molecule has 136 valence electrons. The van der Waals surface area contributed by atoms with Crippen LogP contribution in [0.4, 0.5) is 5.13 Å². The maximum Gasteiger partial charge on any atom is 0.268 e. The summed E-state index contributed by atoms with van der Waals surface area (Å²) < 4.78 is 2.88. The lowest BCUT2D eigenvalue weighted by Crippen LogP contribution is -2.13. The second-order valence-corrected chi connectivity index (χ2v) is 7.93. The monoisotopic (exact) mass is 441 g/mol. The number of carbonyl (C=O) groups excluding carboxylic acids is 1. The van der Waals surface area contributed by atoms with Crippen LogP contribution in [0.5, 0.6) is 0 Å². The molecule has 6 nitrogen and oxygen atoms in total. The Morgan fingerprint density at radius 3 is 2.67 bits per heavy atom. The van der Waals surface area contributed by atoms with Crippen molar-refractivity contribution in [3.8, 4) is 11.8 Å². The van der Waals surface area contributed by atoms with E-state index in [-0.39, 0.29) is 11.5 Å². The lowest BCUT2D eigenvalue weighted by atomic mass is 10.2. The summed E-state index contributed by atoms with van der Waals surface area (Å²) in [4.78, 5) is 12.5. The van der Waals surface area contributed by atoms with Crippen molar-refractivity contribution >= 4 is 44.4 Å². The Kier molecular flexibility index (Phi) is 5.84. The first-order valence-electron chi connectivity index (χ1n) is 8.18. The molecule has 0 spiro atoms. The molecule has 0 fully saturated rings. The molecular weight excluding hydrogens is 426 g/mol. The number of nitrogens with one attached hydrogen (secondary N) is 1. The van der Waals surface area contributed by atoms with E-state index in [1.807, 2.05) is 67.1 Å². The maximum atomic E-state index is 12.5. The van der Waals surface area contributed by atoms with Gasteiger partial charge >= 0.3 is 0 Å². The zero-order valence-corrected chi connectivity index (χ0v) is 17.1. The summed E-state index contributed by atoms with van der Waals surface area (Å²) >= 11 is 4.72. The fourth-order valence-corrected chi connectivity index (χ4v) is 3.33. The van der Waals surface area contributed by atoms with E-state index >= 15 is 0 Å². The van der Waals surface area contributed by atoms with Crippen molar-refractivity contribution in [3.05, 3.63) is 63.3 Å². The average molecular weight is 442 g/mol. The molecule has 0 saturated heterocycles. The van der Waals surface area contributed by atoms with Gasteiger partial charge in [0.15, 0.2) is 0 Å². The van der Waals surface area contributed by atoms with Gasteiger partial charge in [0, 0.05) is 28.0 Å². The number of carbonyl (C=O) groups is 1. The molecular formula is C19H16BrN5OS. The highest BCUT2D eigenvalue weighted by atomic mass is 79.9. The van der Waals surface area contributed by atoms with Gasteiger partial charge in [-0.3, -0.25) is 10.1 Å². The van der Waals surface area contributed by atoms with Gasteiger partial charge in [-0.15, -0.1) is 10.2 Å². The number of anilines is 1. The lowest BCUT2D eigenvalue weighted by molar-refractivity contribution is -0.112. The van der Waals surface area contributed by atoms with E-state index in [0.717, 1.165) is 20.9 Å². The van der Waals surface area contributed by atoms with E-state index < -0.39 is 5.91 Å². The third-order valence-electron chi connectivity index (χ3n) is 3.70. The first-order chi connectivity index (χ1) is 13.0. The van der Waals surface area contributed by atoms with Crippen LogP contribution in [0.25, 0.3) is 11.8 Å². The van der Waals surface area contributed by atoms with Gasteiger partial charge in [-0.25, -0.2) is 0 Å². The van der Waals surface area contributed by atoms with Crippen LogP contribution in [0.2, 0.25) is 0 Å². The van der Waals surface area contributed by atoms with Gasteiger partial charge in [0.05, 0.1) is 0 Å². The van der Waals surface area contributed by atoms with E-state index in [9.17, 15) is 10.1 Å². The predicted octanol–water partition coefficient (Wildman–Crippen LogP) is 4.76. The summed E-state index contributed by atoms with van der Waals surface area (Å²) in [6.07, 6.45) is 3.43. The van der Waals surface area contributed by atoms with Gasteiger partial charge in [-0.1, -0.05) is 41.1 Å². The fourth-order valence-electron chi connectivity index (χ4n) is 2.33. The third-order valence-corrected chi connectivity index (χ3v) is 5.37. The van der Waals surface area contributed by atoms with Crippen molar-refractivity contribution in [2.75, 3.05) is 5.32 Å². The number of nitrogens with zero attached hydrogens (tertiary/aromatic N) is 4. The summed E-state index contributed by atoms with van der Waals surface area (Å²) in [7, 11) is 0. The van der Waals surface area contributed by atoms with Gasteiger partial charge in [0.25, 0.3) is 5.91 Å². The lowest BCUT2D eigenvalue weighted by Gasteiger charge is -2.07. The first kappa shape index (κ1) is 19.0. The van der Waals surface area contributed by atoms with E-state index in [1.165, 1.54) is 11.3 Å². The Morgan fingerprint density at radius 2 is 2.04 bits per heavy atom. The zero-order valence-electron chi connectivity index (χ0n) is 14.7. The van der Waals surface area contributed by atoms with Crippen molar-refractivity contribution in [1.29, 1.82) is 5.26 Å². The molecule has 2 heterocycles. The SMILES string of the molecule is CC(C)c1nnc(NC(=O)/C(C#N)=C\c2cccn2-c2ccc(Br)cc2)s1. The molecule has 0 aliphatic heterocycles. The first-order valence-corrected chi connectivity index (χ1v) is 9.78. The summed E-state index contributed by atoms with van der Waals surface area (Å²) in [5.74, 6) is -0.277. The summed E-state index contributed by atoms with van der Waals surface area (Å²) in [5.41, 5.74) is 1.65. The highest BCUT2D eigenvalue weighted by Crippen LogP contribution is 2.23. The van der Waals surface area contributed by atoms with Gasteiger partial charge in [-0.2, -0.15) is 5.26 Å². The largest absolute Gasteiger partial charge is 0.317 e. The topological polar surface area (TPSA) is 83.6 Å². The van der Waals surface area contributed by atoms with E-state index in [2.05, 4.69) is 31.4 Å². The molecule has 3 rings (SSSR count). The molecule has 3 aromatic rings. The maximum absolute atomic E-state index is 12.5. The van der Waals surface area contributed by atoms with Crippen LogP contribution in [0, 0.1) is 11.3 Å². The average Bonchev–Trinajstić information content (AvgIpc) is 3.29. The van der Waals surface area contributed by atoms with Crippen LogP contribution in [0.1, 0.15) is 30.5 Å². The third kappa shape index (κ3) is 4.51. The minimum Gasteiger partial charge on any atom is -0.317 e. The molecule has 0 aliphatic carbocycles. The molecule has 0 aliphatic rings. The van der Waals surface area contributed by atoms with Gasteiger partial charge in [0.2, 0.25) is 5.13 Å². The number of hydrogen-bond donors (Lipinski definition) is 1. The van der Waals surface area contributed by atoms with Crippen LogP contribution in [-0.2, 0) is 4.79 Å². The molecule has 2 aromatic heterocycles. The molecule has 1 aromatic carbocycles. The second-order valence-electron chi connectivity index (χ2n) is 6.00. The summed E-state index contributed by atoms with van der Waals surface area (Å²) in [5, 5.41) is 21.3. The zero-order chi connectivity index (χ0) is 19.4. The van der Waals surface area contributed by atoms with Crippen molar-refractivity contribution in [3.63, 3.8) is 0 Å². The number of hydrogen-bond acceptors (Lipinski definition) is 5. The molecule has 27 heavy (non-hydrogen) atoms. The number of aromatic nitrogens is 3.